The minimum absolute atomic E-state index is 0.0611. The fourth-order valence-corrected chi connectivity index (χ4v) is 5.87. The Labute approximate surface area is 202 Å². The van der Waals surface area contributed by atoms with E-state index in [-0.39, 0.29) is 17.9 Å². The first-order valence-electron chi connectivity index (χ1n) is 12.7. The molecule has 0 bridgehead atoms. The van der Waals surface area contributed by atoms with E-state index in [0.717, 1.165) is 53.4 Å². The molecular weight excluding hydrogens is 422 g/mol. The molecule has 1 saturated carbocycles. The number of benzene rings is 2. The third-order valence-corrected chi connectivity index (χ3v) is 7.59. The highest BCUT2D eigenvalue weighted by Crippen LogP contribution is 2.37. The van der Waals surface area contributed by atoms with Gasteiger partial charge in [-0.3, -0.25) is 14.5 Å². The molecule has 2 aromatic carbocycles. The van der Waals surface area contributed by atoms with E-state index < -0.39 is 5.54 Å². The van der Waals surface area contributed by atoms with Crippen LogP contribution in [-0.2, 0) is 11.3 Å². The molecule has 1 fully saturated rings. The van der Waals surface area contributed by atoms with Gasteiger partial charge in [-0.15, -0.1) is 0 Å². The molecule has 2 amide bonds. The third kappa shape index (κ3) is 4.02. The average molecular weight is 458 g/mol. The lowest BCUT2D eigenvalue weighted by Crippen LogP contribution is -2.65. The number of nitrogens with one attached hydrogen (secondary N) is 1. The van der Waals surface area contributed by atoms with Crippen molar-refractivity contribution >= 4 is 28.4 Å². The summed E-state index contributed by atoms with van der Waals surface area (Å²) in [5.41, 5.74) is 3.55. The highest BCUT2D eigenvalue weighted by atomic mass is 16.2. The quantitative estimate of drug-likeness (QED) is 0.532. The number of hydrogen-bond donors (Lipinski definition) is 1. The molecule has 2 heterocycles. The van der Waals surface area contributed by atoms with Gasteiger partial charge in [-0.2, -0.15) is 0 Å². The molecule has 0 unspecified atom stereocenters. The van der Waals surface area contributed by atoms with Crippen LogP contribution in [0.15, 0.2) is 48.5 Å². The van der Waals surface area contributed by atoms with Gasteiger partial charge in [0, 0.05) is 22.6 Å². The van der Waals surface area contributed by atoms with Crippen LogP contribution < -0.4 is 10.2 Å². The minimum Gasteiger partial charge on any atom is -0.351 e. The van der Waals surface area contributed by atoms with Crippen molar-refractivity contribution in [3.63, 3.8) is 0 Å². The number of carbonyl (C=O) groups excluding carboxylic acids is 2. The predicted molar refractivity (Wildman–Crippen MR) is 137 cm³/mol. The standard InChI is InChI=1S/C29H35N3O2/c1-20-15-21(2)17-24(16-20)32-27(33)26-18-22-11-9-10-14-25(22)31(26)19-29(32,3)28(34)30-23-12-7-5-4-6-8-13-23/h9-11,14-18,23H,4-8,12-13,19H2,1-3H3,(H,30,34)/t29-/m0/s1. The van der Waals surface area contributed by atoms with Gasteiger partial charge in [0.05, 0.1) is 6.54 Å². The maximum absolute atomic E-state index is 14.0. The molecule has 0 radical (unpaired) electrons. The summed E-state index contributed by atoms with van der Waals surface area (Å²) in [5.74, 6) is -0.184. The van der Waals surface area contributed by atoms with Gasteiger partial charge in [-0.05, 0) is 69.0 Å². The lowest BCUT2D eigenvalue weighted by atomic mass is 9.91. The van der Waals surface area contributed by atoms with Crippen molar-refractivity contribution in [2.24, 2.45) is 0 Å². The van der Waals surface area contributed by atoms with Crippen molar-refractivity contribution in [2.45, 2.75) is 83.8 Å². The van der Waals surface area contributed by atoms with E-state index in [1.807, 2.05) is 67.8 Å². The fourth-order valence-electron chi connectivity index (χ4n) is 5.87. The van der Waals surface area contributed by atoms with Crippen LogP contribution in [0.5, 0.6) is 0 Å². The van der Waals surface area contributed by atoms with Gasteiger partial charge in [0.25, 0.3) is 5.91 Å². The highest BCUT2D eigenvalue weighted by molar-refractivity contribution is 6.14. The summed E-state index contributed by atoms with van der Waals surface area (Å²) in [6.45, 7) is 6.42. The molecule has 5 nitrogen and oxygen atoms in total. The van der Waals surface area contributed by atoms with Crippen LogP contribution in [0.1, 0.15) is 73.5 Å². The Morgan fingerprint density at radius 3 is 2.29 bits per heavy atom. The summed E-state index contributed by atoms with van der Waals surface area (Å²) in [6.07, 6.45) is 8.07. The van der Waals surface area contributed by atoms with Crippen LogP contribution >= 0.6 is 0 Å². The summed E-state index contributed by atoms with van der Waals surface area (Å²) in [5, 5.41) is 4.40. The summed E-state index contributed by atoms with van der Waals surface area (Å²) in [4.78, 5) is 29.8. The molecule has 1 N–H and O–H groups in total. The molecule has 1 aliphatic carbocycles. The van der Waals surface area contributed by atoms with Crippen LogP contribution in [0.4, 0.5) is 5.69 Å². The Kier molecular flexibility index (Phi) is 5.97. The smallest absolute Gasteiger partial charge is 0.275 e. The van der Waals surface area contributed by atoms with Crippen LogP contribution in [-0.4, -0.2) is 28.0 Å². The Hall–Kier alpha value is -3.08. The van der Waals surface area contributed by atoms with Crippen LogP contribution in [0.3, 0.4) is 0 Å². The second-order valence-electron chi connectivity index (χ2n) is 10.5. The number of anilines is 1. The zero-order valence-corrected chi connectivity index (χ0v) is 20.6. The number of carbonyl (C=O) groups is 2. The Morgan fingerprint density at radius 2 is 1.59 bits per heavy atom. The predicted octanol–water partition coefficient (Wildman–Crippen LogP) is 5.91. The molecule has 0 spiro atoms. The van der Waals surface area contributed by atoms with E-state index in [1.165, 1.54) is 19.3 Å². The van der Waals surface area contributed by atoms with Crippen molar-refractivity contribution in [2.75, 3.05) is 4.90 Å². The van der Waals surface area contributed by atoms with Crippen molar-refractivity contribution < 1.29 is 9.59 Å². The summed E-state index contributed by atoms with van der Waals surface area (Å²) >= 11 is 0. The number of fused-ring (bicyclic) bond motifs is 3. The van der Waals surface area contributed by atoms with E-state index >= 15 is 0 Å². The van der Waals surface area contributed by atoms with Gasteiger partial charge in [0.2, 0.25) is 5.91 Å². The first kappa shape index (κ1) is 22.7. The van der Waals surface area contributed by atoms with Crippen molar-refractivity contribution in [3.8, 4) is 0 Å². The van der Waals surface area contributed by atoms with Gasteiger partial charge >= 0.3 is 0 Å². The number of hydrogen-bond acceptors (Lipinski definition) is 2. The zero-order valence-electron chi connectivity index (χ0n) is 20.6. The van der Waals surface area contributed by atoms with E-state index in [9.17, 15) is 9.59 Å². The largest absolute Gasteiger partial charge is 0.351 e. The maximum Gasteiger partial charge on any atom is 0.275 e. The number of rotatable bonds is 3. The second kappa shape index (κ2) is 8.94. The molecular formula is C29H35N3O2. The molecule has 2 aliphatic rings. The fraction of sp³-hybridized carbons (Fsp3) is 0.448. The summed E-state index contributed by atoms with van der Waals surface area (Å²) in [6, 6.07) is 16.3. The van der Waals surface area contributed by atoms with Crippen molar-refractivity contribution in [1.82, 2.24) is 9.88 Å². The lowest BCUT2D eigenvalue weighted by molar-refractivity contribution is -0.127. The maximum atomic E-state index is 14.0. The molecule has 0 saturated heterocycles. The monoisotopic (exact) mass is 457 g/mol. The van der Waals surface area contributed by atoms with Crippen LogP contribution in [0, 0.1) is 13.8 Å². The first-order valence-corrected chi connectivity index (χ1v) is 12.7. The van der Waals surface area contributed by atoms with E-state index in [1.54, 1.807) is 4.90 Å². The van der Waals surface area contributed by atoms with E-state index in [4.69, 9.17) is 0 Å². The first-order chi connectivity index (χ1) is 16.4. The summed E-state index contributed by atoms with van der Waals surface area (Å²) in [7, 11) is 0. The molecule has 34 heavy (non-hydrogen) atoms. The normalized spacial score (nSPS) is 21.7. The molecule has 1 aliphatic heterocycles. The van der Waals surface area contributed by atoms with Crippen molar-refractivity contribution in [1.29, 1.82) is 0 Å². The van der Waals surface area contributed by atoms with Gasteiger partial charge in [0.15, 0.2) is 0 Å². The van der Waals surface area contributed by atoms with Crippen molar-refractivity contribution in [3.05, 3.63) is 65.4 Å². The molecule has 178 valence electrons. The van der Waals surface area contributed by atoms with E-state index in [2.05, 4.69) is 11.4 Å². The average Bonchev–Trinajstić information content (AvgIpc) is 3.13. The SMILES string of the molecule is Cc1cc(C)cc(N2C(=O)c3cc4ccccc4n3C[C@@]2(C)C(=O)NC2CCCCCCC2)c1. The second-order valence-corrected chi connectivity index (χ2v) is 10.5. The number of amides is 2. The molecule has 1 aromatic heterocycles. The van der Waals surface area contributed by atoms with Crippen LogP contribution in [0.2, 0.25) is 0 Å². The third-order valence-electron chi connectivity index (χ3n) is 7.59. The molecule has 5 heteroatoms. The van der Waals surface area contributed by atoms with Crippen LogP contribution in [0.25, 0.3) is 10.9 Å². The number of aromatic nitrogens is 1. The lowest BCUT2D eigenvalue weighted by Gasteiger charge is -2.45. The molecule has 5 rings (SSSR count). The van der Waals surface area contributed by atoms with Gasteiger partial charge in [0.1, 0.15) is 11.2 Å². The Bertz CT molecular complexity index is 1220. The number of para-hydroxylation sites is 1. The topological polar surface area (TPSA) is 54.3 Å². The zero-order chi connectivity index (χ0) is 23.9. The highest BCUT2D eigenvalue weighted by Gasteiger charge is 2.49. The van der Waals surface area contributed by atoms with Gasteiger partial charge in [-0.1, -0.05) is 56.4 Å². The van der Waals surface area contributed by atoms with Gasteiger partial charge < -0.3 is 9.88 Å². The summed E-state index contributed by atoms with van der Waals surface area (Å²) < 4.78 is 2.04. The number of aryl methyl sites for hydroxylation is 2. The van der Waals surface area contributed by atoms with E-state index in [0.29, 0.717) is 12.2 Å². The Balaban J connectivity index is 1.59. The van der Waals surface area contributed by atoms with Gasteiger partial charge in [-0.25, -0.2) is 0 Å². The minimum atomic E-state index is -1.03. The molecule has 3 aromatic rings. The Morgan fingerprint density at radius 1 is 0.941 bits per heavy atom. The number of nitrogens with zero attached hydrogens (tertiary/aromatic N) is 2. The molecule has 1 atom stereocenters.